The Morgan fingerprint density at radius 3 is 1.38 bits per heavy atom. The fraction of sp³-hybridized carbons (Fsp3) is 0.400. The van der Waals surface area contributed by atoms with E-state index in [0.717, 1.165) is 0 Å². The van der Waals surface area contributed by atoms with E-state index >= 15 is 0 Å². The lowest BCUT2D eigenvalue weighted by atomic mass is 10.2. The third-order valence-electron chi connectivity index (χ3n) is 0.640. The lowest BCUT2D eigenvalue weighted by molar-refractivity contribution is -0.114. The fourth-order valence-electron chi connectivity index (χ4n) is 0.248. The van der Waals surface area contributed by atoms with Gasteiger partial charge < -0.3 is 0 Å². The largest absolute Gasteiger partial charge is 0.293 e. The number of Topliss-reactive ketones (excluding diaryl/α,β-unsaturated/α-hetero) is 2. The summed E-state index contributed by atoms with van der Waals surface area (Å²) in [5.74, 6) is -0.653. The molecule has 0 rings (SSSR count). The Morgan fingerprint density at radius 1 is 1.12 bits per heavy atom. The summed E-state index contributed by atoms with van der Waals surface area (Å²) in [6.07, 6.45) is 0. The molecule has 0 saturated heterocycles. The second-order valence-corrected chi connectivity index (χ2v) is 1.85. The Bertz CT molecular complexity index is 133. The molecule has 0 bridgehead atoms. The van der Waals surface area contributed by atoms with Gasteiger partial charge in [-0.25, -0.2) is 0 Å². The van der Waals surface area contributed by atoms with Crippen LogP contribution in [0, 0.1) is 0 Å². The van der Waals surface area contributed by atoms with Crippen molar-refractivity contribution in [3.05, 3.63) is 0 Å². The van der Waals surface area contributed by atoms with E-state index in [4.69, 9.17) is 0 Å². The van der Waals surface area contributed by atoms with Crippen LogP contribution in [-0.2, 0) is 9.59 Å². The van der Waals surface area contributed by atoms with Gasteiger partial charge in [-0.2, -0.15) is 0 Å². The normalized spacial score (nSPS) is 8.25. The van der Waals surface area contributed by atoms with Gasteiger partial charge in [-0.3, -0.25) is 9.59 Å². The molecule has 0 heterocycles. The molecule has 0 saturated carbocycles. The minimum atomic E-state index is -0.326. The molecule has 3 heteroatoms. The van der Waals surface area contributed by atoms with Crippen molar-refractivity contribution < 1.29 is 9.59 Å². The molecule has 0 aliphatic rings. The van der Waals surface area contributed by atoms with Crippen molar-refractivity contribution in [1.82, 2.24) is 0 Å². The second kappa shape index (κ2) is 2.67. The van der Waals surface area contributed by atoms with Crippen molar-refractivity contribution >= 4 is 28.6 Å². The van der Waals surface area contributed by atoms with Crippen LogP contribution in [-0.4, -0.2) is 16.4 Å². The number of thiocarbonyl (C=S) groups is 1. The van der Waals surface area contributed by atoms with Crippen molar-refractivity contribution in [2.75, 3.05) is 0 Å². The van der Waals surface area contributed by atoms with E-state index in [1.807, 2.05) is 0 Å². The van der Waals surface area contributed by atoms with E-state index < -0.39 is 0 Å². The summed E-state index contributed by atoms with van der Waals surface area (Å²) in [5.41, 5.74) is 0. The first-order valence-corrected chi connectivity index (χ1v) is 2.52. The summed E-state index contributed by atoms with van der Waals surface area (Å²) >= 11 is 4.40. The number of carbonyl (C=O) groups excluding carboxylic acids is 2. The SMILES string of the molecule is CC(=O)C(=S)C(C)=O. The molecular weight excluding hydrogens is 124 g/mol. The summed E-state index contributed by atoms with van der Waals surface area (Å²) in [4.78, 5) is 20.4. The molecule has 0 fully saturated rings. The highest BCUT2D eigenvalue weighted by atomic mass is 32.1. The van der Waals surface area contributed by atoms with Gasteiger partial charge in [0.15, 0.2) is 11.6 Å². The molecule has 0 aliphatic heterocycles. The van der Waals surface area contributed by atoms with Crippen molar-refractivity contribution in [2.45, 2.75) is 13.8 Å². The first-order valence-electron chi connectivity index (χ1n) is 2.11. The predicted octanol–water partition coefficient (Wildman–Crippen LogP) is 0.534. The van der Waals surface area contributed by atoms with Crippen LogP contribution < -0.4 is 0 Å². The van der Waals surface area contributed by atoms with Gasteiger partial charge >= 0.3 is 0 Å². The average molecular weight is 130 g/mol. The molecule has 8 heavy (non-hydrogen) atoms. The number of hydrogen-bond acceptors (Lipinski definition) is 3. The maximum absolute atomic E-state index is 10.2. The lowest BCUT2D eigenvalue weighted by Gasteiger charge is -1.86. The standard InChI is InChI=1S/C5H6O2S/c1-3(6)5(8)4(2)7/h1-2H3. The predicted molar refractivity (Wildman–Crippen MR) is 34.0 cm³/mol. The Kier molecular flexibility index (Phi) is 2.48. The van der Waals surface area contributed by atoms with Crippen molar-refractivity contribution in [2.24, 2.45) is 0 Å². The van der Waals surface area contributed by atoms with Crippen LogP contribution >= 0.6 is 12.2 Å². The molecule has 44 valence electrons. The topological polar surface area (TPSA) is 34.1 Å². The van der Waals surface area contributed by atoms with Crippen LogP contribution in [0.4, 0.5) is 0 Å². The van der Waals surface area contributed by atoms with Crippen LogP contribution in [0.1, 0.15) is 13.8 Å². The highest BCUT2D eigenvalue weighted by Crippen LogP contribution is 1.80. The molecule has 0 spiro atoms. The molecule has 0 radical (unpaired) electrons. The van der Waals surface area contributed by atoms with Gasteiger partial charge in [0.25, 0.3) is 0 Å². The first kappa shape index (κ1) is 7.43. The van der Waals surface area contributed by atoms with Gasteiger partial charge in [-0.1, -0.05) is 12.2 Å². The van der Waals surface area contributed by atoms with E-state index in [2.05, 4.69) is 12.2 Å². The van der Waals surface area contributed by atoms with Crippen LogP contribution in [0.2, 0.25) is 0 Å². The van der Waals surface area contributed by atoms with Crippen LogP contribution in [0.25, 0.3) is 0 Å². The minimum Gasteiger partial charge on any atom is -0.293 e. The van der Waals surface area contributed by atoms with E-state index in [9.17, 15) is 9.59 Å². The monoisotopic (exact) mass is 130 g/mol. The molecule has 0 aromatic carbocycles. The van der Waals surface area contributed by atoms with Gasteiger partial charge in [0.2, 0.25) is 0 Å². The summed E-state index contributed by atoms with van der Waals surface area (Å²) in [6, 6.07) is 0. The second-order valence-electron chi connectivity index (χ2n) is 1.44. The maximum Gasteiger partial charge on any atom is 0.174 e. The maximum atomic E-state index is 10.2. The average Bonchev–Trinajstić information content (AvgIpc) is 1.64. The Morgan fingerprint density at radius 2 is 1.38 bits per heavy atom. The van der Waals surface area contributed by atoms with Gasteiger partial charge in [0.05, 0.1) is 0 Å². The van der Waals surface area contributed by atoms with Crippen LogP contribution in [0.3, 0.4) is 0 Å². The summed E-state index contributed by atoms with van der Waals surface area (Å²) in [5, 5.41) is 0. The van der Waals surface area contributed by atoms with Crippen molar-refractivity contribution in [3.8, 4) is 0 Å². The highest BCUT2D eigenvalue weighted by molar-refractivity contribution is 7.84. The third kappa shape index (κ3) is 1.93. The third-order valence-corrected chi connectivity index (χ3v) is 1.21. The molecule has 0 aromatic rings. The molecule has 0 aromatic heterocycles. The highest BCUT2D eigenvalue weighted by Gasteiger charge is 2.06. The molecule has 2 nitrogen and oxygen atoms in total. The quantitative estimate of drug-likeness (QED) is 0.404. The Balaban J connectivity index is 4.05. The zero-order valence-electron chi connectivity index (χ0n) is 4.72. The zero-order valence-corrected chi connectivity index (χ0v) is 5.54. The van der Waals surface area contributed by atoms with Gasteiger partial charge in [-0.15, -0.1) is 0 Å². The number of rotatable bonds is 2. The summed E-state index contributed by atoms with van der Waals surface area (Å²) in [6.45, 7) is 2.56. The fourth-order valence-corrected chi connectivity index (χ4v) is 0.248. The van der Waals surface area contributed by atoms with Crippen LogP contribution in [0.15, 0.2) is 0 Å². The van der Waals surface area contributed by atoms with Crippen LogP contribution in [0.5, 0.6) is 0 Å². The van der Waals surface area contributed by atoms with E-state index in [-0.39, 0.29) is 16.4 Å². The van der Waals surface area contributed by atoms with E-state index in [0.29, 0.717) is 0 Å². The summed E-state index contributed by atoms with van der Waals surface area (Å²) < 4.78 is 0. The molecule has 0 N–H and O–H groups in total. The van der Waals surface area contributed by atoms with E-state index in [1.165, 1.54) is 13.8 Å². The number of carbonyl (C=O) groups is 2. The van der Waals surface area contributed by atoms with Gasteiger partial charge in [-0.05, 0) is 0 Å². The Labute approximate surface area is 52.9 Å². The van der Waals surface area contributed by atoms with Gasteiger partial charge in [0, 0.05) is 13.8 Å². The van der Waals surface area contributed by atoms with E-state index in [1.54, 1.807) is 0 Å². The van der Waals surface area contributed by atoms with Gasteiger partial charge in [0.1, 0.15) is 4.86 Å². The Hall–Kier alpha value is -0.570. The molecule has 0 amide bonds. The molecule has 0 unspecified atom stereocenters. The zero-order chi connectivity index (χ0) is 6.73. The number of ketones is 2. The molecule has 0 aliphatic carbocycles. The first-order chi connectivity index (χ1) is 3.55. The number of hydrogen-bond donors (Lipinski definition) is 0. The summed E-state index contributed by atoms with van der Waals surface area (Å²) in [7, 11) is 0. The minimum absolute atomic E-state index is 0.0926. The van der Waals surface area contributed by atoms with Crippen molar-refractivity contribution in [3.63, 3.8) is 0 Å². The molecule has 0 atom stereocenters. The van der Waals surface area contributed by atoms with Crippen molar-refractivity contribution in [1.29, 1.82) is 0 Å². The smallest absolute Gasteiger partial charge is 0.174 e. The molecular formula is C5H6O2S. The lowest BCUT2D eigenvalue weighted by Crippen LogP contribution is -2.15.